The lowest BCUT2D eigenvalue weighted by Gasteiger charge is -2.44. The lowest BCUT2D eigenvalue weighted by molar-refractivity contribution is -0.207. The lowest BCUT2D eigenvalue weighted by atomic mass is 9.98. The molecule has 4 aromatic rings. The van der Waals surface area contributed by atoms with Gasteiger partial charge >= 0.3 is 23.9 Å². The average molecular weight is 811 g/mol. The maximum Gasteiger partial charge on any atom is 0.338 e. The highest BCUT2D eigenvalue weighted by molar-refractivity contribution is 7.99. The van der Waals surface area contributed by atoms with E-state index in [9.17, 15) is 19.2 Å². The molecule has 0 bridgehead atoms. The molecule has 5 rings (SSSR count). The Kier molecular flexibility index (Phi) is 15.1. The van der Waals surface area contributed by atoms with Gasteiger partial charge in [-0.25, -0.2) is 19.2 Å². The molecule has 0 amide bonds. The van der Waals surface area contributed by atoms with E-state index in [0.29, 0.717) is 17.9 Å². The zero-order chi connectivity index (χ0) is 41.0. The molecule has 0 saturated carbocycles. The lowest BCUT2D eigenvalue weighted by Crippen LogP contribution is -2.62. The predicted octanol–water partition coefficient (Wildman–Crippen LogP) is 8.80. The van der Waals surface area contributed by atoms with Gasteiger partial charge in [0.2, 0.25) is 0 Å². The fourth-order valence-corrected chi connectivity index (χ4v) is 7.95. The van der Waals surface area contributed by atoms with Gasteiger partial charge in [-0.05, 0) is 66.7 Å². The minimum Gasteiger partial charge on any atom is -0.459 e. The molecule has 6 atom stereocenters. The van der Waals surface area contributed by atoms with E-state index in [1.807, 2.05) is 6.08 Å². The molecular weight excluding hydrogens is 761 g/mol. The van der Waals surface area contributed by atoms with Crippen LogP contribution in [0.25, 0.3) is 0 Å². The van der Waals surface area contributed by atoms with Crippen LogP contribution in [0, 0.1) is 5.92 Å². The molecule has 0 spiro atoms. The maximum absolute atomic E-state index is 13.9. The van der Waals surface area contributed by atoms with Crippen LogP contribution in [0.3, 0.4) is 0 Å². The van der Waals surface area contributed by atoms with Gasteiger partial charge in [-0.15, -0.1) is 18.3 Å². The number of hydrogen-bond acceptors (Lipinski definition) is 11. The monoisotopic (exact) mass is 810 g/mol. The van der Waals surface area contributed by atoms with Gasteiger partial charge in [-0.1, -0.05) is 99.6 Å². The third-order valence-corrected chi connectivity index (χ3v) is 15.8. The van der Waals surface area contributed by atoms with Gasteiger partial charge in [0.1, 0.15) is 18.1 Å². The Morgan fingerprint density at radius 2 is 1.07 bits per heavy atom. The first kappa shape index (κ1) is 43.1. The molecule has 57 heavy (non-hydrogen) atoms. The van der Waals surface area contributed by atoms with Gasteiger partial charge in [0.25, 0.3) is 0 Å². The number of carbonyl (C=O) groups excluding carboxylic acids is 4. The van der Waals surface area contributed by atoms with Crippen molar-refractivity contribution in [3.63, 3.8) is 0 Å². The first-order valence-electron chi connectivity index (χ1n) is 18.8. The second-order valence-corrected chi connectivity index (χ2v) is 21.1. The van der Waals surface area contributed by atoms with Crippen LogP contribution < -0.4 is 0 Å². The van der Waals surface area contributed by atoms with Crippen LogP contribution in [0.2, 0.25) is 18.1 Å². The Bertz CT molecular complexity index is 1940. The van der Waals surface area contributed by atoms with Crippen molar-refractivity contribution >= 4 is 44.0 Å². The Balaban J connectivity index is 1.54. The van der Waals surface area contributed by atoms with Gasteiger partial charge in [-0.2, -0.15) is 0 Å². The van der Waals surface area contributed by atoms with E-state index in [1.54, 1.807) is 121 Å². The van der Waals surface area contributed by atoms with Gasteiger partial charge < -0.3 is 28.1 Å². The van der Waals surface area contributed by atoms with Crippen molar-refractivity contribution in [1.82, 2.24) is 0 Å². The van der Waals surface area contributed by atoms with Gasteiger partial charge in [0.15, 0.2) is 26.6 Å². The molecule has 4 aromatic carbocycles. The summed E-state index contributed by atoms with van der Waals surface area (Å²) in [6.45, 7) is 14.9. The zero-order valence-corrected chi connectivity index (χ0v) is 34.7. The molecule has 10 nitrogen and oxygen atoms in total. The molecule has 300 valence electrons. The summed E-state index contributed by atoms with van der Waals surface area (Å²) < 4.78 is 37.5. The van der Waals surface area contributed by atoms with Gasteiger partial charge in [0.05, 0.1) is 22.3 Å². The first-order valence-corrected chi connectivity index (χ1v) is 22.8. The van der Waals surface area contributed by atoms with E-state index in [2.05, 4.69) is 40.4 Å². The summed E-state index contributed by atoms with van der Waals surface area (Å²) in [7, 11) is -2.11. The number of carbonyl (C=O) groups is 4. The first-order chi connectivity index (χ1) is 27.3. The van der Waals surface area contributed by atoms with Crippen molar-refractivity contribution in [2.45, 2.75) is 68.8 Å². The van der Waals surface area contributed by atoms with Crippen LogP contribution in [-0.2, 0) is 28.1 Å². The number of ether oxygens (including phenoxy) is 5. The molecule has 0 radical (unpaired) electrons. The molecule has 0 aromatic heterocycles. The standard InChI is InChI=1S/C45H50O10SSi/c1-7-31(28-51-57(5,6)45(2,3)4)30-56-44-39(55-43(49)35-26-18-11-19-27-35)38(54-42(48)34-24-16-10-17-25-34)37(53-41(47)33-22-14-9-15-23-33)36(52-44)29-50-40(46)32-20-12-8-13-21-32/h7-27,31,36-39,44H,1,28-30H2,2-6H3. The van der Waals surface area contributed by atoms with Crippen LogP contribution in [0.5, 0.6) is 0 Å². The fraction of sp³-hybridized carbons (Fsp3) is 0.333. The minimum atomic E-state index is -2.11. The topological polar surface area (TPSA) is 124 Å². The summed E-state index contributed by atoms with van der Waals surface area (Å²) in [6, 6.07) is 33.4. The van der Waals surface area contributed by atoms with Crippen LogP contribution in [0.15, 0.2) is 134 Å². The normalized spacial score (nSPS) is 20.1. The van der Waals surface area contributed by atoms with Crippen molar-refractivity contribution in [1.29, 1.82) is 0 Å². The Hall–Kier alpha value is -5.01. The van der Waals surface area contributed by atoms with Crippen molar-refractivity contribution < 1.29 is 47.3 Å². The number of rotatable bonds is 16. The number of hydrogen-bond donors (Lipinski definition) is 0. The average Bonchev–Trinajstić information content (AvgIpc) is 3.22. The molecule has 1 aliphatic heterocycles. The van der Waals surface area contributed by atoms with E-state index >= 15 is 0 Å². The molecule has 1 saturated heterocycles. The number of esters is 4. The van der Waals surface area contributed by atoms with Gasteiger partial charge in [0, 0.05) is 18.3 Å². The molecule has 6 unspecified atom stereocenters. The van der Waals surface area contributed by atoms with Crippen LogP contribution in [0.1, 0.15) is 62.2 Å². The quantitative estimate of drug-likeness (QED) is 0.0467. The Morgan fingerprint density at radius 3 is 1.49 bits per heavy atom. The summed E-state index contributed by atoms with van der Waals surface area (Å²) in [5.41, 5.74) is -0.0209. The Labute approximate surface area is 340 Å². The second-order valence-electron chi connectivity index (χ2n) is 15.1. The maximum atomic E-state index is 13.9. The van der Waals surface area contributed by atoms with Gasteiger partial charge in [-0.3, -0.25) is 0 Å². The Morgan fingerprint density at radius 1 is 0.667 bits per heavy atom. The molecule has 0 aliphatic carbocycles. The van der Waals surface area contributed by atoms with E-state index in [4.69, 9.17) is 28.1 Å². The summed E-state index contributed by atoms with van der Waals surface area (Å²) in [4.78, 5) is 54.7. The van der Waals surface area contributed by atoms with E-state index in [0.717, 1.165) is 0 Å². The zero-order valence-electron chi connectivity index (χ0n) is 32.9. The highest BCUT2D eigenvalue weighted by Gasteiger charge is 2.53. The SMILES string of the molecule is C=CC(CO[Si](C)(C)C(C)(C)C)CSC1OC(COC(=O)c2ccccc2)C(OC(=O)c2ccccc2)C(OC(=O)c2ccccc2)C1OC(=O)c1ccccc1. The van der Waals surface area contributed by atoms with Crippen LogP contribution in [-0.4, -0.2) is 81.0 Å². The van der Waals surface area contributed by atoms with Crippen LogP contribution in [0.4, 0.5) is 0 Å². The fourth-order valence-electron chi connectivity index (χ4n) is 5.60. The largest absolute Gasteiger partial charge is 0.459 e. The molecule has 1 fully saturated rings. The number of benzene rings is 4. The smallest absolute Gasteiger partial charge is 0.338 e. The highest BCUT2D eigenvalue weighted by Crippen LogP contribution is 2.39. The van der Waals surface area contributed by atoms with Crippen molar-refractivity contribution in [3.8, 4) is 0 Å². The minimum absolute atomic E-state index is 0.0124. The summed E-state index contributed by atoms with van der Waals surface area (Å²) >= 11 is 1.30. The van der Waals surface area contributed by atoms with Crippen molar-refractivity contribution in [2.75, 3.05) is 19.0 Å². The second kappa shape index (κ2) is 19.9. The highest BCUT2D eigenvalue weighted by atomic mass is 32.2. The van der Waals surface area contributed by atoms with E-state index in [-0.39, 0.29) is 27.6 Å². The summed E-state index contributed by atoms with van der Waals surface area (Å²) in [5, 5.41) is -0.0124. The number of thioether (sulfide) groups is 1. The van der Waals surface area contributed by atoms with Crippen molar-refractivity contribution in [3.05, 3.63) is 156 Å². The van der Waals surface area contributed by atoms with Crippen molar-refractivity contribution in [2.24, 2.45) is 5.92 Å². The summed E-state index contributed by atoms with van der Waals surface area (Å²) in [5.74, 6) is -2.59. The molecule has 12 heteroatoms. The molecular formula is C45H50O10SSi. The third kappa shape index (κ3) is 11.8. The molecule has 1 heterocycles. The molecule has 0 N–H and O–H groups in total. The molecule has 1 aliphatic rings. The summed E-state index contributed by atoms with van der Waals surface area (Å²) in [6.07, 6.45) is -3.50. The third-order valence-electron chi connectivity index (χ3n) is 10.0. The van der Waals surface area contributed by atoms with E-state index in [1.165, 1.54) is 11.8 Å². The predicted molar refractivity (Wildman–Crippen MR) is 222 cm³/mol. The van der Waals surface area contributed by atoms with Crippen LogP contribution >= 0.6 is 11.8 Å². The van der Waals surface area contributed by atoms with E-state index < -0.39 is 68.7 Å².